The largest absolute Gasteiger partial charge is 0.391 e. The molecule has 1 aromatic heterocycles. The summed E-state index contributed by atoms with van der Waals surface area (Å²) in [6.07, 6.45) is 0. The molecule has 0 aromatic carbocycles. The number of aliphatic hydroxyl groups is 1. The molecule has 1 rings (SSSR count). The molecule has 0 saturated carbocycles. The number of nitrogens with zero attached hydrogens (tertiary/aromatic N) is 1. The molecule has 0 saturated heterocycles. The molecule has 1 heterocycles. The van der Waals surface area contributed by atoms with E-state index in [0.29, 0.717) is 0 Å². The first-order chi connectivity index (χ1) is 4.25. The van der Waals surface area contributed by atoms with E-state index in [-0.39, 0.29) is 6.61 Å². The van der Waals surface area contributed by atoms with Crippen LogP contribution < -0.4 is 0 Å². The van der Waals surface area contributed by atoms with Gasteiger partial charge in [-0.15, -0.1) is 0 Å². The van der Waals surface area contributed by atoms with Gasteiger partial charge < -0.3 is 5.11 Å². The first-order valence-corrected chi connectivity index (χ1v) is 4.52. The van der Waals surface area contributed by atoms with E-state index < -0.39 is 0 Å². The Bertz CT molecular complexity index is 212. The standard InChI is InChI=1S/C4H3Br2NOS/c5-3-2(1-8)9-7-4(3)6/h8H,1H2. The van der Waals surface area contributed by atoms with Gasteiger partial charge in [0, 0.05) is 0 Å². The van der Waals surface area contributed by atoms with Crippen molar-refractivity contribution in [3.8, 4) is 0 Å². The van der Waals surface area contributed by atoms with E-state index in [1.807, 2.05) is 0 Å². The molecule has 50 valence electrons. The Morgan fingerprint density at radius 2 is 2.22 bits per heavy atom. The maximum absolute atomic E-state index is 8.65. The SMILES string of the molecule is OCc1snc(Br)c1Br. The van der Waals surface area contributed by atoms with E-state index in [0.717, 1.165) is 14.0 Å². The van der Waals surface area contributed by atoms with E-state index in [1.165, 1.54) is 11.5 Å². The highest BCUT2D eigenvalue weighted by Crippen LogP contribution is 2.28. The molecule has 0 spiro atoms. The first kappa shape index (κ1) is 7.65. The molecular weight excluding hydrogens is 270 g/mol. The van der Waals surface area contributed by atoms with Gasteiger partial charge >= 0.3 is 0 Å². The second-order valence-electron chi connectivity index (χ2n) is 1.37. The normalized spacial score (nSPS) is 10.1. The average molecular weight is 273 g/mol. The van der Waals surface area contributed by atoms with E-state index in [9.17, 15) is 0 Å². The average Bonchev–Trinajstić information content (AvgIpc) is 2.15. The fourth-order valence-electron chi connectivity index (χ4n) is 0.389. The van der Waals surface area contributed by atoms with Gasteiger partial charge in [-0.2, -0.15) is 4.37 Å². The quantitative estimate of drug-likeness (QED) is 0.850. The minimum Gasteiger partial charge on any atom is -0.391 e. The lowest BCUT2D eigenvalue weighted by molar-refractivity contribution is 0.285. The van der Waals surface area contributed by atoms with Crippen molar-refractivity contribution in [2.24, 2.45) is 0 Å². The number of rotatable bonds is 1. The monoisotopic (exact) mass is 271 g/mol. The zero-order valence-electron chi connectivity index (χ0n) is 4.27. The molecule has 9 heavy (non-hydrogen) atoms. The van der Waals surface area contributed by atoms with Crippen LogP contribution in [0.3, 0.4) is 0 Å². The van der Waals surface area contributed by atoms with Crippen LogP contribution in [-0.4, -0.2) is 9.48 Å². The van der Waals surface area contributed by atoms with Crippen LogP contribution >= 0.6 is 43.4 Å². The van der Waals surface area contributed by atoms with Crippen LogP contribution in [0, 0.1) is 0 Å². The Morgan fingerprint density at radius 3 is 2.44 bits per heavy atom. The zero-order valence-corrected chi connectivity index (χ0v) is 8.25. The molecule has 0 atom stereocenters. The topological polar surface area (TPSA) is 33.1 Å². The third-order valence-electron chi connectivity index (χ3n) is 0.806. The fraction of sp³-hybridized carbons (Fsp3) is 0.250. The number of hydrogen-bond acceptors (Lipinski definition) is 3. The van der Waals surface area contributed by atoms with Crippen LogP contribution in [0.25, 0.3) is 0 Å². The van der Waals surface area contributed by atoms with Crippen LogP contribution in [0.2, 0.25) is 0 Å². The van der Waals surface area contributed by atoms with Crippen molar-refractivity contribution < 1.29 is 5.11 Å². The summed E-state index contributed by atoms with van der Waals surface area (Å²) >= 11 is 7.73. The van der Waals surface area contributed by atoms with Gasteiger partial charge in [-0.05, 0) is 43.4 Å². The molecule has 0 fully saturated rings. The summed E-state index contributed by atoms with van der Waals surface area (Å²) in [6, 6.07) is 0. The summed E-state index contributed by atoms with van der Waals surface area (Å²) in [5.41, 5.74) is 0. The predicted octanol–water partition coefficient (Wildman–Crippen LogP) is 2.16. The summed E-state index contributed by atoms with van der Waals surface area (Å²) < 4.78 is 5.56. The molecule has 1 aromatic rings. The summed E-state index contributed by atoms with van der Waals surface area (Å²) in [7, 11) is 0. The predicted molar refractivity (Wildman–Crippen MR) is 43.4 cm³/mol. The second kappa shape index (κ2) is 3.09. The van der Waals surface area contributed by atoms with Crippen molar-refractivity contribution in [3.05, 3.63) is 14.0 Å². The molecule has 0 bridgehead atoms. The van der Waals surface area contributed by atoms with E-state index in [4.69, 9.17) is 5.11 Å². The molecule has 0 aliphatic rings. The molecule has 0 aliphatic carbocycles. The lowest BCUT2D eigenvalue weighted by Crippen LogP contribution is -1.74. The highest BCUT2D eigenvalue weighted by Gasteiger charge is 2.05. The summed E-state index contributed by atoms with van der Waals surface area (Å²) in [5.74, 6) is 0. The van der Waals surface area contributed by atoms with Gasteiger partial charge in [-0.3, -0.25) is 0 Å². The molecule has 0 radical (unpaired) electrons. The summed E-state index contributed by atoms with van der Waals surface area (Å²) in [5, 5.41) is 8.65. The van der Waals surface area contributed by atoms with Crippen molar-refractivity contribution in [2.45, 2.75) is 6.61 Å². The Kier molecular flexibility index (Phi) is 2.63. The molecule has 2 nitrogen and oxygen atoms in total. The van der Waals surface area contributed by atoms with Crippen molar-refractivity contribution in [3.63, 3.8) is 0 Å². The molecule has 5 heteroatoms. The van der Waals surface area contributed by atoms with Crippen molar-refractivity contribution in [1.29, 1.82) is 0 Å². The first-order valence-electron chi connectivity index (χ1n) is 2.16. The van der Waals surface area contributed by atoms with Crippen LogP contribution in [0.1, 0.15) is 4.88 Å². The molecule has 0 amide bonds. The van der Waals surface area contributed by atoms with Crippen LogP contribution in [0.5, 0.6) is 0 Å². The Labute approximate surface area is 73.3 Å². The van der Waals surface area contributed by atoms with Crippen LogP contribution in [-0.2, 0) is 6.61 Å². The fourth-order valence-corrected chi connectivity index (χ4v) is 2.04. The number of aliphatic hydroxyl groups excluding tert-OH is 1. The third kappa shape index (κ3) is 1.52. The summed E-state index contributed by atoms with van der Waals surface area (Å²) in [4.78, 5) is 0.849. The minimum absolute atomic E-state index is 0.0455. The Hall–Kier alpha value is 0.550. The van der Waals surface area contributed by atoms with Crippen LogP contribution in [0.15, 0.2) is 9.08 Å². The lowest BCUT2D eigenvalue weighted by atomic mass is 10.5. The van der Waals surface area contributed by atoms with Crippen molar-refractivity contribution >= 4 is 43.4 Å². The van der Waals surface area contributed by atoms with Gasteiger partial charge in [0.1, 0.15) is 4.60 Å². The minimum atomic E-state index is 0.0455. The van der Waals surface area contributed by atoms with E-state index in [2.05, 4.69) is 36.2 Å². The second-order valence-corrected chi connectivity index (χ2v) is 3.77. The van der Waals surface area contributed by atoms with Crippen molar-refractivity contribution in [2.75, 3.05) is 0 Å². The van der Waals surface area contributed by atoms with Gasteiger partial charge in [0.2, 0.25) is 0 Å². The maximum Gasteiger partial charge on any atom is 0.134 e. The third-order valence-corrected chi connectivity index (χ3v) is 4.09. The molecule has 0 unspecified atom stereocenters. The smallest absolute Gasteiger partial charge is 0.134 e. The van der Waals surface area contributed by atoms with Gasteiger partial charge in [0.15, 0.2) is 0 Å². The van der Waals surface area contributed by atoms with E-state index in [1.54, 1.807) is 0 Å². The van der Waals surface area contributed by atoms with Crippen LogP contribution in [0.4, 0.5) is 0 Å². The van der Waals surface area contributed by atoms with E-state index >= 15 is 0 Å². The molecule has 1 N–H and O–H groups in total. The maximum atomic E-state index is 8.65. The Morgan fingerprint density at radius 1 is 1.56 bits per heavy atom. The van der Waals surface area contributed by atoms with Gasteiger partial charge in [0.25, 0.3) is 0 Å². The molecule has 0 aliphatic heterocycles. The van der Waals surface area contributed by atoms with Gasteiger partial charge in [-0.1, -0.05) is 0 Å². The van der Waals surface area contributed by atoms with Gasteiger partial charge in [0.05, 0.1) is 16.0 Å². The number of halogens is 2. The zero-order chi connectivity index (χ0) is 6.85. The summed E-state index contributed by atoms with van der Waals surface area (Å²) in [6.45, 7) is 0.0455. The lowest BCUT2D eigenvalue weighted by Gasteiger charge is -1.85. The van der Waals surface area contributed by atoms with Gasteiger partial charge in [-0.25, -0.2) is 0 Å². The van der Waals surface area contributed by atoms with Crippen molar-refractivity contribution in [1.82, 2.24) is 4.37 Å². The number of aromatic nitrogens is 1. The molecular formula is C4H3Br2NOS. The highest BCUT2D eigenvalue weighted by molar-refractivity contribution is 9.13. The highest BCUT2D eigenvalue weighted by atomic mass is 79.9. The Balaban J connectivity index is 3.04. The number of hydrogen-bond donors (Lipinski definition) is 1.